The van der Waals surface area contributed by atoms with Gasteiger partial charge in [0.2, 0.25) is 0 Å². The third-order valence-corrected chi connectivity index (χ3v) is 3.68. The van der Waals surface area contributed by atoms with Gasteiger partial charge in [0.25, 0.3) is 0 Å². The van der Waals surface area contributed by atoms with Crippen molar-refractivity contribution in [3.63, 3.8) is 0 Å². The SMILES string of the molecule is COc1ccc2c(C)csc2c1Cl. The van der Waals surface area contributed by atoms with Crippen LogP contribution in [0.5, 0.6) is 5.75 Å². The van der Waals surface area contributed by atoms with E-state index in [0.717, 1.165) is 15.5 Å². The smallest absolute Gasteiger partial charge is 0.138 e. The summed E-state index contributed by atoms with van der Waals surface area (Å²) in [7, 11) is 1.63. The van der Waals surface area contributed by atoms with Gasteiger partial charge in [0.05, 0.1) is 11.8 Å². The second kappa shape index (κ2) is 3.20. The van der Waals surface area contributed by atoms with Crippen molar-refractivity contribution in [2.75, 3.05) is 7.11 Å². The summed E-state index contributed by atoms with van der Waals surface area (Å²) >= 11 is 7.80. The molecule has 0 aliphatic carbocycles. The van der Waals surface area contributed by atoms with Gasteiger partial charge in [0.15, 0.2) is 0 Å². The highest BCUT2D eigenvalue weighted by atomic mass is 35.5. The molecule has 0 aliphatic rings. The summed E-state index contributed by atoms with van der Waals surface area (Å²) in [4.78, 5) is 0. The number of halogens is 1. The highest BCUT2D eigenvalue weighted by molar-refractivity contribution is 7.18. The summed E-state index contributed by atoms with van der Waals surface area (Å²) in [5.74, 6) is 0.746. The molecule has 0 saturated heterocycles. The lowest BCUT2D eigenvalue weighted by Gasteiger charge is -2.02. The number of aryl methyl sites for hydroxylation is 1. The summed E-state index contributed by atoms with van der Waals surface area (Å²) in [6, 6.07) is 3.95. The largest absolute Gasteiger partial charge is 0.495 e. The molecule has 0 spiro atoms. The maximum Gasteiger partial charge on any atom is 0.138 e. The Balaban J connectivity index is 2.80. The fraction of sp³-hybridized carbons (Fsp3) is 0.200. The number of thiophene rings is 1. The van der Waals surface area contributed by atoms with Crippen molar-refractivity contribution in [2.24, 2.45) is 0 Å². The van der Waals surface area contributed by atoms with Crippen LogP contribution in [-0.4, -0.2) is 7.11 Å². The van der Waals surface area contributed by atoms with Crippen molar-refractivity contribution < 1.29 is 4.74 Å². The number of methoxy groups -OCH3 is 1. The lowest BCUT2D eigenvalue weighted by Crippen LogP contribution is -1.83. The van der Waals surface area contributed by atoms with Crippen LogP contribution in [0.25, 0.3) is 10.1 Å². The topological polar surface area (TPSA) is 9.23 Å². The first-order valence-corrected chi connectivity index (χ1v) is 5.20. The third kappa shape index (κ3) is 1.30. The number of hydrogen-bond donors (Lipinski definition) is 0. The molecular formula is C10H9ClOS. The Kier molecular flexibility index (Phi) is 2.18. The van der Waals surface area contributed by atoms with Gasteiger partial charge >= 0.3 is 0 Å². The van der Waals surface area contributed by atoms with Crippen molar-refractivity contribution in [3.8, 4) is 5.75 Å². The van der Waals surface area contributed by atoms with Crippen molar-refractivity contribution >= 4 is 33.0 Å². The summed E-state index contributed by atoms with van der Waals surface area (Å²) in [5, 5.41) is 4.05. The Morgan fingerprint density at radius 1 is 1.38 bits per heavy atom. The lowest BCUT2D eigenvalue weighted by atomic mass is 10.2. The van der Waals surface area contributed by atoms with E-state index < -0.39 is 0 Å². The van der Waals surface area contributed by atoms with Crippen molar-refractivity contribution in [3.05, 3.63) is 28.1 Å². The van der Waals surface area contributed by atoms with Crippen molar-refractivity contribution in [1.82, 2.24) is 0 Å². The van der Waals surface area contributed by atoms with Gasteiger partial charge in [-0.05, 0) is 35.4 Å². The number of rotatable bonds is 1. The molecule has 1 aromatic heterocycles. The quantitative estimate of drug-likeness (QED) is 0.697. The molecule has 2 aromatic rings. The first kappa shape index (κ1) is 8.85. The molecule has 3 heteroatoms. The Labute approximate surface area is 85.9 Å². The molecule has 0 aliphatic heterocycles. The summed E-state index contributed by atoms with van der Waals surface area (Å²) in [5.41, 5.74) is 1.27. The molecule has 68 valence electrons. The molecule has 0 N–H and O–H groups in total. The minimum Gasteiger partial charge on any atom is -0.495 e. The third-order valence-electron chi connectivity index (χ3n) is 2.06. The fourth-order valence-electron chi connectivity index (χ4n) is 1.33. The van der Waals surface area contributed by atoms with E-state index in [1.54, 1.807) is 18.4 Å². The second-order valence-electron chi connectivity index (χ2n) is 2.88. The van der Waals surface area contributed by atoms with E-state index in [0.29, 0.717) is 0 Å². The predicted molar refractivity (Wildman–Crippen MR) is 58.1 cm³/mol. The predicted octanol–water partition coefficient (Wildman–Crippen LogP) is 3.87. The van der Waals surface area contributed by atoms with Crippen LogP contribution in [0.4, 0.5) is 0 Å². The van der Waals surface area contributed by atoms with Gasteiger partial charge < -0.3 is 4.74 Å². The van der Waals surface area contributed by atoms with Gasteiger partial charge in [-0.25, -0.2) is 0 Å². The average molecular weight is 213 g/mol. The fourth-order valence-corrected chi connectivity index (χ4v) is 2.69. The molecule has 0 saturated carbocycles. The molecule has 1 heterocycles. The monoisotopic (exact) mass is 212 g/mol. The molecule has 2 rings (SSSR count). The van der Waals surface area contributed by atoms with E-state index >= 15 is 0 Å². The van der Waals surface area contributed by atoms with E-state index in [1.807, 2.05) is 12.1 Å². The molecule has 0 bridgehead atoms. The summed E-state index contributed by atoms with van der Waals surface area (Å²) < 4.78 is 6.25. The first-order chi connectivity index (χ1) is 6.24. The van der Waals surface area contributed by atoms with Gasteiger partial charge in [-0.3, -0.25) is 0 Å². The van der Waals surface area contributed by atoms with Gasteiger partial charge in [-0.1, -0.05) is 11.6 Å². The maximum absolute atomic E-state index is 6.14. The Morgan fingerprint density at radius 2 is 2.15 bits per heavy atom. The molecule has 0 radical (unpaired) electrons. The zero-order chi connectivity index (χ0) is 9.42. The van der Waals surface area contributed by atoms with Gasteiger partial charge in [0.1, 0.15) is 10.8 Å². The number of benzene rings is 1. The molecular weight excluding hydrogens is 204 g/mol. The number of ether oxygens (including phenoxy) is 1. The standard InChI is InChI=1S/C10H9ClOS/c1-6-5-13-10-7(6)3-4-8(12-2)9(10)11/h3-5H,1-2H3. The molecule has 0 amide bonds. The zero-order valence-electron chi connectivity index (χ0n) is 7.43. The highest BCUT2D eigenvalue weighted by Gasteiger charge is 2.08. The molecule has 13 heavy (non-hydrogen) atoms. The van der Waals surface area contributed by atoms with Crippen LogP contribution < -0.4 is 4.74 Å². The van der Waals surface area contributed by atoms with E-state index in [-0.39, 0.29) is 0 Å². The van der Waals surface area contributed by atoms with E-state index in [2.05, 4.69) is 12.3 Å². The average Bonchev–Trinajstić information content (AvgIpc) is 2.50. The van der Waals surface area contributed by atoms with Crippen LogP contribution in [0, 0.1) is 6.92 Å². The minimum absolute atomic E-state index is 0.720. The Hall–Kier alpha value is -0.730. The summed E-state index contributed by atoms with van der Waals surface area (Å²) in [6.07, 6.45) is 0. The van der Waals surface area contributed by atoms with Gasteiger partial charge in [0, 0.05) is 0 Å². The molecule has 0 atom stereocenters. The van der Waals surface area contributed by atoms with Crippen LogP contribution >= 0.6 is 22.9 Å². The molecule has 1 nitrogen and oxygen atoms in total. The first-order valence-electron chi connectivity index (χ1n) is 3.94. The van der Waals surface area contributed by atoms with E-state index in [4.69, 9.17) is 16.3 Å². The Bertz CT molecular complexity index is 447. The normalized spacial score (nSPS) is 10.7. The molecule has 0 fully saturated rings. The number of fused-ring (bicyclic) bond motifs is 1. The van der Waals surface area contributed by atoms with E-state index in [9.17, 15) is 0 Å². The van der Waals surface area contributed by atoms with Crippen molar-refractivity contribution in [1.29, 1.82) is 0 Å². The highest BCUT2D eigenvalue weighted by Crippen LogP contribution is 2.37. The van der Waals surface area contributed by atoms with Crippen LogP contribution in [0.2, 0.25) is 5.02 Å². The van der Waals surface area contributed by atoms with Crippen LogP contribution in [-0.2, 0) is 0 Å². The lowest BCUT2D eigenvalue weighted by molar-refractivity contribution is 0.415. The van der Waals surface area contributed by atoms with E-state index in [1.165, 1.54) is 10.9 Å². The summed E-state index contributed by atoms with van der Waals surface area (Å²) in [6.45, 7) is 2.08. The molecule has 1 aromatic carbocycles. The zero-order valence-corrected chi connectivity index (χ0v) is 9.00. The number of hydrogen-bond acceptors (Lipinski definition) is 2. The molecule has 0 unspecified atom stereocenters. The van der Waals surface area contributed by atoms with Crippen LogP contribution in [0.1, 0.15) is 5.56 Å². The second-order valence-corrected chi connectivity index (χ2v) is 4.13. The van der Waals surface area contributed by atoms with Crippen LogP contribution in [0.15, 0.2) is 17.5 Å². The Morgan fingerprint density at radius 3 is 2.85 bits per heavy atom. The minimum atomic E-state index is 0.720. The van der Waals surface area contributed by atoms with Crippen LogP contribution in [0.3, 0.4) is 0 Å². The van der Waals surface area contributed by atoms with Gasteiger partial charge in [-0.2, -0.15) is 0 Å². The van der Waals surface area contributed by atoms with Crippen molar-refractivity contribution in [2.45, 2.75) is 6.92 Å². The van der Waals surface area contributed by atoms with Gasteiger partial charge in [-0.15, -0.1) is 11.3 Å². The maximum atomic E-state index is 6.14.